The average molecular weight is 413 g/mol. The molecule has 7 nitrogen and oxygen atoms in total. The summed E-state index contributed by atoms with van der Waals surface area (Å²) in [6.45, 7) is 7.15. The largest absolute Gasteiger partial charge is 0.492 e. The predicted octanol–water partition coefficient (Wildman–Crippen LogP) is 2.66. The molecule has 0 aliphatic carbocycles. The Labute approximate surface area is 173 Å². The van der Waals surface area contributed by atoms with Gasteiger partial charge in [0.15, 0.2) is 0 Å². The number of aryl methyl sites for hydroxylation is 2. The zero-order chi connectivity index (χ0) is 20.5. The molecule has 152 valence electrons. The van der Waals surface area contributed by atoms with Crippen molar-refractivity contribution in [2.24, 2.45) is 7.05 Å². The number of nitrogens with zero attached hydrogens (tertiary/aromatic N) is 4. The first-order chi connectivity index (χ1) is 14.0. The van der Waals surface area contributed by atoms with Crippen LogP contribution in [0.5, 0.6) is 5.75 Å². The Morgan fingerprint density at radius 3 is 2.66 bits per heavy atom. The molecule has 29 heavy (non-hydrogen) atoms. The summed E-state index contributed by atoms with van der Waals surface area (Å²) in [5.41, 5.74) is 1.68. The molecule has 4 rings (SSSR count). The highest BCUT2D eigenvalue weighted by Crippen LogP contribution is 2.31. The van der Waals surface area contributed by atoms with E-state index in [1.54, 1.807) is 7.05 Å². The van der Waals surface area contributed by atoms with Gasteiger partial charge in [0.05, 0.1) is 28.9 Å². The van der Waals surface area contributed by atoms with Crippen LogP contribution in [0.3, 0.4) is 0 Å². The van der Waals surface area contributed by atoms with Crippen molar-refractivity contribution in [2.45, 2.75) is 13.8 Å². The molecule has 2 aromatic heterocycles. The summed E-state index contributed by atoms with van der Waals surface area (Å²) in [7, 11) is 1.67. The number of ether oxygens (including phenoxy) is 1. The summed E-state index contributed by atoms with van der Waals surface area (Å²) in [5, 5.41) is 0.549. The van der Waals surface area contributed by atoms with Crippen LogP contribution in [-0.2, 0) is 7.05 Å². The summed E-state index contributed by atoms with van der Waals surface area (Å²) in [6.07, 6.45) is 1.50. The van der Waals surface area contributed by atoms with Crippen LogP contribution >= 0.6 is 11.3 Å². The molecule has 1 aromatic carbocycles. The summed E-state index contributed by atoms with van der Waals surface area (Å²) < 4.78 is 7.19. The van der Waals surface area contributed by atoms with Gasteiger partial charge in [0, 0.05) is 33.2 Å². The minimum atomic E-state index is -0.111. The molecule has 1 amide bonds. The van der Waals surface area contributed by atoms with Gasteiger partial charge >= 0.3 is 0 Å². The van der Waals surface area contributed by atoms with Crippen LogP contribution in [0.2, 0.25) is 0 Å². The highest BCUT2D eigenvalue weighted by atomic mass is 32.1. The van der Waals surface area contributed by atoms with E-state index >= 15 is 0 Å². The van der Waals surface area contributed by atoms with E-state index in [2.05, 4.69) is 16.0 Å². The number of piperazine rings is 1. The molecule has 8 heteroatoms. The maximum Gasteiger partial charge on any atom is 0.264 e. The molecule has 1 aliphatic rings. The minimum absolute atomic E-state index is 0.0229. The molecular formula is C21H24N4O3S. The Hall–Kier alpha value is -2.87. The van der Waals surface area contributed by atoms with Gasteiger partial charge in [-0.3, -0.25) is 9.59 Å². The van der Waals surface area contributed by atoms with E-state index in [-0.39, 0.29) is 11.5 Å². The quantitative estimate of drug-likeness (QED) is 0.659. The summed E-state index contributed by atoms with van der Waals surface area (Å²) in [4.78, 5) is 35.3. The predicted molar refractivity (Wildman–Crippen MR) is 115 cm³/mol. The molecule has 0 radical (unpaired) electrons. The van der Waals surface area contributed by atoms with E-state index in [0.29, 0.717) is 34.8 Å². The van der Waals surface area contributed by atoms with Gasteiger partial charge in [0.1, 0.15) is 10.6 Å². The van der Waals surface area contributed by atoms with E-state index in [4.69, 9.17) is 4.74 Å². The van der Waals surface area contributed by atoms with Crippen molar-refractivity contribution in [1.29, 1.82) is 0 Å². The zero-order valence-electron chi connectivity index (χ0n) is 16.8. The zero-order valence-corrected chi connectivity index (χ0v) is 17.7. The number of aromatic nitrogens is 2. The summed E-state index contributed by atoms with van der Waals surface area (Å²) in [5.74, 6) is 0.849. The van der Waals surface area contributed by atoms with Crippen LogP contribution < -0.4 is 15.2 Å². The number of benzene rings is 1. The third-order valence-corrected chi connectivity index (χ3v) is 6.47. The van der Waals surface area contributed by atoms with Crippen molar-refractivity contribution in [3.05, 3.63) is 51.4 Å². The Kier molecular flexibility index (Phi) is 5.27. The van der Waals surface area contributed by atoms with Gasteiger partial charge in [0.25, 0.3) is 11.5 Å². The molecule has 1 fully saturated rings. The Balaban J connectivity index is 1.53. The number of rotatable bonds is 4. The minimum Gasteiger partial charge on any atom is -0.492 e. The number of thiophene rings is 1. The van der Waals surface area contributed by atoms with E-state index in [9.17, 15) is 9.59 Å². The highest BCUT2D eigenvalue weighted by Gasteiger charge is 2.27. The lowest BCUT2D eigenvalue weighted by molar-refractivity contribution is 0.0751. The second kappa shape index (κ2) is 7.87. The smallest absolute Gasteiger partial charge is 0.264 e. The molecular weight excluding hydrogens is 388 g/mol. The molecule has 1 saturated heterocycles. The first-order valence-corrected chi connectivity index (χ1v) is 10.5. The molecule has 3 aromatic rings. The number of para-hydroxylation sites is 2. The molecule has 3 heterocycles. The lowest BCUT2D eigenvalue weighted by Gasteiger charge is -2.36. The van der Waals surface area contributed by atoms with Gasteiger partial charge in [-0.25, -0.2) is 4.98 Å². The van der Waals surface area contributed by atoms with Crippen LogP contribution in [0.4, 0.5) is 5.69 Å². The number of carbonyl (C=O) groups is 1. The van der Waals surface area contributed by atoms with Crippen LogP contribution in [0.1, 0.15) is 22.2 Å². The average Bonchev–Trinajstić information content (AvgIpc) is 3.08. The van der Waals surface area contributed by atoms with Gasteiger partial charge < -0.3 is 19.1 Å². The maximum atomic E-state index is 13.2. The highest BCUT2D eigenvalue weighted by molar-refractivity contribution is 7.20. The number of anilines is 1. The number of amides is 1. The first kappa shape index (κ1) is 19.4. The molecule has 0 atom stereocenters. The summed E-state index contributed by atoms with van der Waals surface area (Å²) in [6, 6.07) is 8.00. The third-order valence-electron chi connectivity index (χ3n) is 5.28. The fourth-order valence-electron chi connectivity index (χ4n) is 3.70. The molecule has 0 bridgehead atoms. The standard InChI is InChI=1S/C21H24N4O3S/c1-4-28-16-8-6-5-7-15(16)24-9-11-25(12-10-24)21(27)18-14(2)17-19(29-18)22-13-23(3)20(17)26/h5-8,13H,4,9-12H2,1-3H3. The second-order valence-corrected chi connectivity index (χ2v) is 8.08. The lowest BCUT2D eigenvalue weighted by Crippen LogP contribution is -2.48. The normalized spacial score (nSPS) is 14.4. The molecule has 1 aliphatic heterocycles. The SMILES string of the molecule is CCOc1ccccc1N1CCN(C(=O)c2sc3ncn(C)c(=O)c3c2C)CC1. The van der Waals surface area contributed by atoms with Gasteiger partial charge in [-0.2, -0.15) is 0 Å². The number of hydrogen-bond acceptors (Lipinski definition) is 6. The van der Waals surface area contributed by atoms with Crippen LogP contribution in [-0.4, -0.2) is 53.1 Å². The van der Waals surface area contributed by atoms with Crippen molar-refractivity contribution in [1.82, 2.24) is 14.5 Å². The van der Waals surface area contributed by atoms with Gasteiger partial charge in [0.2, 0.25) is 0 Å². The molecule has 0 saturated carbocycles. The van der Waals surface area contributed by atoms with Crippen molar-refractivity contribution >= 4 is 33.1 Å². The number of fused-ring (bicyclic) bond motifs is 1. The fourth-order valence-corrected chi connectivity index (χ4v) is 4.81. The van der Waals surface area contributed by atoms with Crippen LogP contribution in [0.15, 0.2) is 35.4 Å². The fraction of sp³-hybridized carbons (Fsp3) is 0.381. The number of hydrogen-bond donors (Lipinski definition) is 0. The van der Waals surface area contributed by atoms with Crippen molar-refractivity contribution in [3.8, 4) is 5.75 Å². The molecule has 0 N–H and O–H groups in total. The van der Waals surface area contributed by atoms with Crippen molar-refractivity contribution in [2.75, 3.05) is 37.7 Å². The summed E-state index contributed by atoms with van der Waals surface area (Å²) >= 11 is 1.31. The van der Waals surface area contributed by atoms with Gasteiger partial charge in [-0.15, -0.1) is 11.3 Å². The van der Waals surface area contributed by atoms with E-state index < -0.39 is 0 Å². The van der Waals surface area contributed by atoms with Crippen LogP contribution in [0, 0.1) is 6.92 Å². The lowest BCUT2D eigenvalue weighted by atomic mass is 10.2. The molecule has 0 spiro atoms. The van der Waals surface area contributed by atoms with Crippen molar-refractivity contribution in [3.63, 3.8) is 0 Å². The Morgan fingerprint density at radius 1 is 1.21 bits per heavy atom. The van der Waals surface area contributed by atoms with E-state index in [1.807, 2.05) is 36.9 Å². The molecule has 0 unspecified atom stereocenters. The number of carbonyl (C=O) groups excluding carboxylic acids is 1. The maximum absolute atomic E-state index is 13.2. The first-order valence-electron chi connectivity index (χ1n) is 9.72. The Bertz CT molecular complexity index is 1110. The Morgan fingerprint density at radius 2 is 1.93 bits per heavy atom. The van der Waals surface area contributed by atoms with Gasteiger partial charge in [-0.05, 0) is 31.5 Å². The third kappa shape index (κ3) is 3.48. The van der Waals surface area contributed by atoms with E-state index in [0.717, 1.165) is 30.1 Å². The second-order valence-electron chi connectivity index (χ2n) is 7.08. The van der Waals surface area contributed by atoms with Crippen molar-refractivity contribution < 1.29 is 9.53 Å². The van der Waals surface area contributed by atoms with E-state index in [1.165, 1.54) is 22.2 Å². The topological polar surface area (TPSA) is 67.7 Å². The monoisotopic (exact) mass is 412 g/mol. The van der Waals surface area contributed by atoms with Crippen LogP contribution in [0.25, 0.3) is 10.2 Å². The van der Waals surface area contributed by atoms with Gasteiger partial charge in [-0.1, -0.05) is 12.1 Å².